The summed E-state index contributed by atoms with van der Waals surface area (Å²) in [6, 6.07) is 12.7. The van der Waals surface area contributed by atoms with E-state index in [1.54, 1.807) is 22.9 Å². The zero-order valence-corrected chi connectivity index (χ0v) is 13.6. The molecule has 1 aliphatic rings. The van der Waals surface area contributed by atoms with Crippen LogP contribution in [-0.2, 0) is 17.8 Å². The Hall–Kier alpha value is -2.73. The molecule has 5 nitrogen and oxygen atoms in total. The third-order valence-corrected chi connectivity index (χ3v) is 5.12. The average Bonchev–Trinajstić information content (AvgIpc) is 3.09. The molecule has 0 radical (unpaired) electrons. The number of nitrogens with one attached hydrogen (secondary N) is 2. The van der Waals surface area contributed by atoms with Crippen LogP contribution in [0, 0.1) is 0 Å². The Morgan fingerprint density at radius 2 is 2.12 bits per heavy atom. The van der Waals surface area contributed by atoms with E-state index >= 15 is 0 Å². The lowest BCUT2D eigenvalue weighted by Gasteiger charge is -2.24. The molecule has 2 amide bonds. The second-order valence-electron chi connectivity index (χ2n) is 5.72. The van der Waals surface area contributed by atoms with Gasteiger partial charge >= 0.3 is 0 Å². The number of rotatable bonds is 3. The largest absolute Gasteiger partial charge is 0.350 e. The van der Waals surface area contributed by atoms with Crippen molar-refractivity contribution in [2.75, 3.05) is 0 Å². The van der Waals surface area contributed by atoms with E-state index in [-0.39, 0.29) is 11.8 Å². The summed E-state index contributed by atoms with van der Waals surface area (Å²) in [7, 11) is 0. The molecule has 1 atom stereocenters. The summed E-state index contributed by atoms with van der Waals surface area (Å²) in [4.78, 5) is 28.9. The number of hydrogen-bond donors (Lipinski definition) is 2. The van der Waals surface area contributed by atoms with Gasteiger partial charge in [0, 0.05) is 18.5 Å². The Morgan fingerprint density at radius 1 is 1.25 bits per heavy atom. The van der Waals surface area contributed by atoms with E-state index in [9.17, 15) is 9.59 Å². The Kier molecular flexibility index (Phi) is 3.74. The van der Waals surface area contributed by atoms with Crippen LogP contribution in [0.15, 0.2) is 48.0 Å². The summed E-state index contributed by atoms with van der Waals surface area (Å²) in [6.45, 7) is 0.423. The van der Waals surface area contributed by atoms with Crippen LogP contribution in [0.1, 0.15) is 21.5 Å². The first kappa shape index (κ1) is 14.8. The highest BCUT2D eigenvalue weighted by Gasteiger charge is 2.28. The number of aromatic nitrogens is 1. The number of hydrogen-bond acceptors (Lipinski definition) is 4. The smallest absolute Gasteiger partial charge is 0.252 e. The van der Waals surface area contributed by atoms with Gasteiger partial charge in [0.2, 0.25) is 5.91 Å². The maximum atomic E-state index is 12.5. The summed E-state index contributed by atoms with van der Waals surface area (Å²) in [5.41, 5.74) is 5.33. The summed E-state index contributed by atoms with van der Waals surface area (Å²) in [5.74, 6) is -0.360. The highest BCUT2D eigenvalue weighted by atomic mass is 32.1. The van der Waals surface area contributed by atoms with E-state index < -0.39 is 6.04 Å². The molecule has 0 saturated carbocycles. The van der Waals surface area contributed by atoms with Gasteiger partial charge in [-0.25, -0.2) is 4.98 Å². The highest BCUT2D eigenvalue weighted by Crippen LogP contribution is 2.22. The molecule has 3 aromatic rings. The fraction of sp³-hybridized carbons (Fsp3) is 0.167. The Labute approximate surface area is 142 Å². The molecule has 2 heterocycles. The van der Waals surface area contributed by atoms with Crippen LogP contribution in [0.4, 0.5) is 0 Å². The number of fused-ring (bicyclic) bond motifs is 2. The molecule has 0 bridgehead atoms. The fourth-order valence-corrected chi connectivity index (χ4v) is 3.78. The van der Waals surface area contributed by atoms with Crippen LogP contribution in [0.2, 0.25) is 0 Å². The maximum absolute atomic E-state index is 12.5. The minimum absolute atomic E-state index is 0.167. The monoisotopic (exact) mass is 337 g/mol. The van der Waals surface area contributed by atoms with Crippen molar-refractivity contribution in [1.29, 1.82) is 0 Å². The van der Waals surface area contributed by atoms with Gasteiger partial charge in [-0.2, -0.15) is 0 Å². The molecule has 0 saturated heterocycles. The highest BCUT2D eigenvalue weighted by molar-refractivity contribution is 7.16. The van der Waals surface area contributed by atoms with Crippen LogP contribution in [0.25, 0.3) is 10.2 Å². The topological polar surface area (TPSA) is 71.1 Å². The van der Waals surface area contributed by atoms with Crippen molar-refractivity contribution in [1.82, 2.24) is 15.6 Å². The molecular formula is C18H15N3O2S. The Balaban J connectivity index is 1.47. The van der Waals surface area contributed by atoms with Crippen molar-refractivity contribution >= 4 is 33.4 Å². The molecule has 6 heteroatoms. The van der Waals surface area contributed by atoms with Crippen molar-refractivity contribution in [2.45, 2.75) is 19.0 Å². The van der Waals surface area contributed by atoms with Gasteiger partial charge in [0.25, 0.3) is 5.91 Å². The van der Waals surface area contributed by atoms with Crippen LogP contribution < -0.4 is 10.6 Å². The summed E-state index contributed by atoms with van der Waals surface area (Å²) in [6.07, 6.45) is 0.512. The lowest BCUT2D eigenvalue weighted by molar-refractivity contribution is -0.123. The standard InChI is InChI=1S/C18H15N3O2S/c22-17-13-6-2-1-4-11(13)8-15(21-17)18(23)19-9-12-5-3-7-14-16(12)24-10-20-14/h1-7,10,15H,8-9H2,(H,19,23)(H,21,22). The van der Waals surface area contributed by atoms with E-state index in [2.05, 4.69) is 15.6 Å². The van der Waals surface area contributed by atoms with Gasteiger partial charge in [0.05, 0.1) is 15.7 Å². The number of amides is 2. The lowest BCUT2D eigenvalue weighted by Crippen LogP contribution is -2.50. The second kappa shape index (κ2) is 6.05. The first-order valence-electron chi connectivity index (χ1n) is 7.70. The zero-order chi connectivity index (χ0) is 16.5. The number of thiazole rings is 1. The fourth-order valence-electron chi connectivity index (χ4n) is 2.97. The molecule has 120 valence electrons. The van der Waals surface area contributed by atoms with Crippen molar-refractivity contribution in [3.8, 4) is 0 Å². The van der Waals surface area contributed by atoms with Gasteiger partial charge in [-0.05, 0) is 23.3 Å². The first-order chi connectivity index (χ1) is 11.7. The molecule has 0 aliphatic carbocycles. The molecule has 2 N–H and O–H groups in total. The average molecular weight is 337 g/mol. The van der Waals surface area contributed by atoms with E-state index in [0.717, 1.165) is 21.3 Å². The number of carbonyl (C=O) groups excluding carboxylic acids is 2. The van der Waals surface area contributed by atoms with Gasteiger partial charge in [-0.3, -0.25) is 9.59 Å². The molecule has 1 aliphatic heterocycles. The second-order valence-corrected chi connectivity index (χ2v) is 6.58. The maximum Gasteiger partial charge on any atom is 0.252 e. The number of benzene rings is 2. The van der Waals surface area contributed by atoms with Gasteiger partial charge in [0.1, 0.15) is 6.04 Å². The molecule has 0 spiro atoms. The van der Waals surface area contributed by atoms with Crippen LogP contribution in [0.3, 0.4) is 0 Å². The lowest BCUT2D eigenvalue weighted by atomic mass is 9.95. The third kappa shape index (κ3) is 2.65. The van der Waals surface area contributed by atoms with Crippen LogP contribution >= 0.6 is 11.3 Å². The van der Waals surface area contributed by atoms with Gasteiger partial charge < -0.3 is 10.6 Å². The molecular weight excluding hydrogens is 322 g/mol. The molecule has 4 rings (SSSR count). The number of carbonyl (C=O) groups is 2. The van der Waals surface area contributed by atoms with E-state index in [1.807, 2.05) is 36.4 Å². The van der Waals surface area contributed by atoms with Gasteiger partial charge in [-0.15, -0.1) is 11.3 Å². The molecule has 2 aromatic carbocycles. The minimum Gasteiger partial charge on any atom is -0.350 e. The third-order valence-electron chi connectivity index (χ3n) is 4.20. The summed E-state index contributed by atoms with van der Waals surface area (Å²) < 4.78 is 1.08. The van der Waals surface area contributed by atoms with E-state index in [4.69, 9.17) is 0 Å². The SMILES string of the molecule is O=C1NC(C(=O)NCc2cccc3ncsc23)Cc2ccccc21. The van der Waals surface area contributed by atoms with Crippen molar-refractivity contribution < 1.29 is 9.59 Å². The molecule has 0 fully saturated rings. The molecule has 1 unspecified atom stereocenters. The quantitative estimate of drug-likeness (QED) is 0.770. The first-order valence-corrected chi connectivity index (χ1v) is 8.58. The summed E-state index contributed by atoms with van der Waals surface area (Å²) in [5, 5.41) is 5.71. The normalized spacial score (nSPS) is 16.5. The van der Waals surface area contributed by atoms with E-state index in [1.165, 1.54) is 0 Å². The predicted molar refractivity (Wildman–Crippen MR) is 92.9 cm³/mol. The van der Waals surface area contributed by atoms with E-state index in [0.29, 0.717) is 18.5 Å². The number of nitrogens with zero attached hydrogens (tertiary/aromatic N) is 1. The molecule has 1 aromatic heterocycles. The van der Waals surface area contributed by atoms with Crippen LogP contribution in [-0.4, -0.2) is 22.8 Å². The molecule has 24 heavy (non-hydrogen) atoms. The Bertz CT molecular complexity index is 935. The zero-order valence-electron chi connectivity index (χ0n) is 12.8. The predicted octanol–water partition coefficient (Wildman–Crippen LogP) is 2.27. The van der Waals surface area contributed by atoms with Crippen LogP contribution in [0.5, 0.6) is 0 Å². The Morgan fingerprint density at radius 3 is 3.04 bits per heavy atom. The van der Waals surface area contributed by atoms with Crippen molar-refractivity contribution in [3.63, 3.8) is 0 Å². The minimum atomic E-state index is -0.534. The van der Waals surface area contributed by atoms with Crippen molar-refractivity contribution in [3.05, 3.63) is 64.7 Å². The van der Waals surface area contributed by atoms with Crippen molar-refractivity contribution in [2.24, 2.45) is 0 Å². The van der Waals surface area contributed by atoms with Gasteiger partial charge in [0.15, 0.2) is 0 Å². The summed E-state index contributed by atoms with van der Waals surface area (Å²) >= 11 is 1.56. The van der Waals surface area contributed by atoms with Gasteiger partial charge in [-0.1, -0.05) is 30.3 Å².